The fraction of sp³-hybridized carbons (Fsp3) is 0.300. The summed E-state index contributed by atoms with van der Waals surface area (Å²) in [5.74, 6) is 1.23. The molecule has 2 fully saturated rings. The molecule has 40 heavy (non-hydrogen) atoms. The van der Waals surface area contributed by atoms with Gasteiger partial charge in [-0.1, -0.05) is 58.7 Å². The molecule has 0 saturated heterocycles. The van der Waals surface area contributed by atoms with E-state index in [1.807, 2.05) is 30.3 Å². The molecule has 0 spiro atoms. The van der Waals surface area contributed by atoms with Crippen molar-refractivity contribution in [2.75, 3.05) is 6.26 Å². The third-order valence-corrected chi connectivity index (χ3v) is 9.98. The van der Waals surface area contributed by atoms with Gasteiger partial charge in [0.05, 0.1) is 32.0 Å². The first-order valence-electron chi connectivity index (χ1n) is 12.9. The van der Waals surface area contributed by atoms with Gasteiger partial charge in [0.25, 0.3) is 0 Å². The average molecular weight is 619 g/mol. The Labute approximate surface area is 247 Å². The predicted octanol–water partition coefficient (Wildman–Crippen LogP) is 7.36. The molecular weight excluding hydrogens is 593 g/mol. The van der Waals surface area contributed by atoms with E-state index in [2.05, 4.69) is 5.16 Å². The molecule has 1 aromatic heterocycles. The molecule has 2 aliphatic carbocycles. The number of hydrogen-bond acceptors (Lipinski definition) is 6. The fourth-order valence-corrected chi connectivity index (χ4v) is 7.13. The Hall–Kier alpha value is -2.55. The number of aliphatic hydroxyl groups is 1. The number of hydrogen-bond donors (Lipinski definition) is 1. The summed E-state index contributed by atoms with van der Waals surface area (Å²) in [5, 5.41) is 15.5. The minimum Gasteiger partial charge on any atom is -0.489 e. The van der Waals surface area contributed by atoms with Crippen LogP contribution in [0.4, 0.5) is 0 Å². The van der Waals surface area contributed by atoms with Gasteiger partial charge < -0.3 is 14.4 Å². The number of benzene rings is 3. The van der Waals surface area contributed by atoms with Gasteiger partial charge in [-0.25, -0.2) is 8.42 Å². The molecule has 4 unspecified atom stereocenters. The quantitative estimate of drug-likeness (QED) is 0.208. The summed E-state index contributed by atoms with van der Waals surface area (Å²) in [4.78, 5) is 0.231. The lowest BCUT2D eigenvalue weighted by molar-refractivity contribution is 0.0502. The highest BCUT2D eigenvalue weighted by molar-refractivity contribution is 7.90. The lowest BCUT2D eigenvalue weighted by atomic mass is 9.64. The minimum atomic E-state index is -3.37. The number of aliphatic hydroxyl groups excluding tert-OH is 1. The summed E-state index contributed by atoms with van der Waals surface area (Å²) in [6.45, 7) is 0.224. The van der Waals surface area contributed by atoms with E-state index in [1.165, 1.54) is 6.26 Å². The van der Waals surface area contributed by atoms with Crippen LogP contribution in [0.3, 0.4) is 0 Å². The van der Waals surface area contributed by atoms with Crippen LogP contribution in [0, 0.1) is 0 Å². The second kappa shape index (κ2) is 10.7. The summed E-state index contributed by atoms with van der Waals surface area (Å²) in [7, 11) is -3.37. The van der Waals surface area contributed by atoms with Crippen molar-refractivity contribution in [3.63, 3.8) is 0 Å². The van der Waals surface area contributed by atoms with Crippen LogP contribution in [0.15, 0.2) is 76.1 Å². The molecule has 3 aromatic carbocycles. The van der Waals surface area contributed by atoms with E-state index >= 15 is 0 Å². The first-order chi connectivity index (χ1) is 19.1. The molecule has 6 nitrogen and oxygen atoms in total. The van der Waals surface area contributed by atoms with E-state index < -0.39 is 21.3 Å². The molecule has 4 atom stereocenters. The van der Waals surface area contributed by atoms with Gasteiger partial charge in [-0.05, 0) is 60.4 Å². The second-order valence-electron chi connectivity index (χ2n) is 10.4. The van der Waals surface area contributed by atoms with Crippen LogP contribution in [0.25, 0.3) is 11.3 Å². The Morgan fingerprint density at radius 2 is 1.65 bits per heavy atom. The molecule has 4 aromatic rings. The SMILES string of the molecule is CS(=O)(=O)c1cccc(C2C(Cl)C(O)C2c2ccc(OCc3c(-c4c(Cl)cccc4Cl)noc3C3CC3)cc2)c1. The van der Waals surface area contributed by atoms with Crippen molar-refractivity contribution in [2.45, 2.75) is 53.6 Å². The Morgan fingerprint density at radius 1 is 0.975 bits per heavy atom. The zero-order chi connectivity index (χ0) is 28.2. The van der Waals surface area contributed by atoms with Gasteiger partial charge in [-0.3, -0.25) is 0 Å². The van der Waals surface area contributed by atoms with E-state index in [9.17, 15) is 13.5 Å². The van der Waals surface area contributed by atoms with Crippen molar-refractivity contribution in [3.05, 3.63) is 99.2 Å². The van der Waals surface area contributed by atoms with E-state index in [-0.39, 0.29) is 23.3 Å². The van der Waals surface area contributed by atoms with Crippen molar-refractivity contribution < 1.29 is 22.8 Å². The van der Waals surface area contributed by atoms with E-state index in [4.69, 9.17) is 44.1 Å². The van der Waals surface area contributed by atoms with Crippen LogP contribution in [-0.2, 0) is 16.4 Å². The van der Waals surface area contributed by atoms with Crippen molar-refractivity contribution in [3.8, 4) is 17.0 Å². The molecule has 6 rings (SSSR count). The van der Waals surface area contributed by atoms with E-state index in [1.54, 1.807) is 36.4 Å². The Bertz CT molecular complexity index is 1650. The zero-order valence-corrected chi connectivity index (χ0v) is 24.5. The van der Waals surface area contributed by atoms with Crippen LogP contribution < -0.4 is 4.74 Å². The fourth-order valence-electron chi connectivity index (χ4n) is 5.41. The van der Waals surface area contributed by atoms with Gasteiger partial charge >= 0.3 is 0 Å². The van der Waals surface area contributed by atoms with Crippen molar-refractivity contribution >= 4 is 44.6 Å². The molecule has 2 saturated carbocycles. The molecule has 10 heteroatoms. The van der Waals surface area contributed by atoms with E-state index in [0.29, 0.717) is 33.0 Å². The summed E-state index contributed by atoms with van der Waals surface area (Å²) in [6, 6.07) is 19.6. The maximum absolute atomic E-state index is 12.1. The molecule has 0 radical (unpaired) electrons. The topological polar surface area (TPSA) is 89.6 Å². The molecule has 0 amide bonds. The normalized spacial score (nSPS) is 22.6. The third kappa shape index (κ3) is 5.14. The highest BCUT2D eigenvalue weighted by Crippen LogP contribution is 2.52. The first-order valence-corrected chi connectivity index (χ1v) is 16.0. The number of rotatable bonds is 8. The summed E-state index contributed by atoms with van der Waals surface area (Å²) in [6.07, 6.45) is 2.48. The van der Waals surface area contributed by atoms with Gasteiger partial charge in [-0.15, -0.1) is 11.6 Å². The van der Waals surface area contributed by atoms with Crippen LogP contribution in [0.2, 0.25) is 10.0 Å². The molecular formula is C30H26Cl3NO5S. The van der Waals surface area contributed by atoms with Gasteiger partial charge in [-0.2, -0.15) is 0 Å². The number of aromatic nitrogens is 1. The van der Waals surface area contributed by atoms with Gasteiger partial charge in [0.1, 0.15) is 23.8 Å². The molecule has 1 heterocycles. The zero-order valence-electron chi connectivity index (χ0n) is 21.4. The van der Waals surface area contributed by atoms with Crippen LogP contribution in [0.5, 0.6) is 5.75 Å². The molecule has 1 N–H and O–H groups in total. The first kappa shape index (κ1) is 27.6. The van der Waals surface area contributed by atoms with E-state index in [0.717, 1.165) is 35.3 Å². The highest BCUT2D eigenvalue weighted by atomic mass is 35.5. The van der Waals surface area contributed by atoms with Crippen LogP contribution >= 0.6 is 34.8 Å². The van der Waals surface area contributed by atoms with Crippen molar-refractivity contribution in [1.29, 1.82) is 0 Å². The van der Waals surface area contributed by atoms with Crippen LogP contribution in [0.1, 0.15) is 53.0 Å². The molecule has 208 valence electrons. The van der Waals surface area contributed by atoms with Gasteiger partial charge in [0.15, 0.2) is 9.84 Å². The van der Waals surface area contributed by atoms with Crippen molar-refractivity contribution in [1.82, 2.24) is 5.16 Å². The summed E-state index contributed by atoms with van der Waals surface area (Å²) < 4.78 is 36.0. The number of nitrogens with zero attached hydrogens (tertiary/aromatic N) is 1. The Kier molecular flexibility index (Phi) is 7.38. The maximum atomic E-state index is 12.1. The predicted molar refractivity (Wildman–Crippen MR) is 155 cm³/mol. The molecule has 0 bridgehead atoms. The second-order valence-corrected chi connectivity index (χ2v) is 13.8. The number of sulfone groups is 1. The summed E-state index contributed by atoms with van der Waals surface area (Å²) in [5.41, 5.74) is 3.70. The molecule has 0 aliphatic heterocycles. The average Bonchev–Trinajstić information content (AvgIpc) is 3.70. The number of alkyl halides is 1. The molecule has 2 aliphatic rings. The Morgan fingerprint density at radius 3 is 2.30 bits per heavy atom. The lowest BCUT2D eigenvalue weighted by Gasteiger charge is -2.47. The number of halogens is 3. The monoisotopic (exact) mass is 617 g/mol. The van der Waals surface area contributed by atoms with Gasteiger partial charge in [0.2, 0.25) is 0 Å². The lowest BCUT2D eigenvalue weighted by Crippen LogP contribution is -2.49. The van der Waals surface area contributed by atoms with Crippen molar-refractivity contribution in [2.24, 2.45) is 0 Å². The largest absolute Gasteiger partial charge is 0.489 e. The van der Waals surface area contributed by atoms with Gasteiger partial charge in [0, 0.05) is 29.6 Å². The highest BCUT2D eigenvalue weighted by Gasteiger charge is 2.50. The maximum Gasteiger partial charge on any atom is 0.175 e. The standard InChI is InChI=1S/C30H26Cl3NO5S/c1-40(36,37)20-5-2-4-18(14-20)24-25(29(35)27(24)33)16-10-12-19(13-11-16)38-15-21-28(34-39-30(21)17-8-9-17)26-22(31)6-3-7-23(26)32/h2-7,10-14,17,24-25,27,29,35H,8-9,15H2,1H3. The smallest absolute Gasteiger partial charge is 0.175 e. The minimum absolute atomic E-state index is 0.224. The Balaban J connectivity index is 1.23. The third-order valence-electron chi connectivity index (χ3n) is 7.71. The number of ether oxygens (including phenoxy) is 1. The van der Waals surface area contributed by atoms with Crippen LogP contribution in [-0.4, -0.2) is 36.4 Å². The summed E-state index contributed by atoms with van der Waals surface area (Å²) >= 11 is 19.5.